The number of amides is 2. The van der Waals surface area contributed by atoms with Gasteiger partial charge < -0.3 is 19.7 Å². The number of carbonyl (C=O) groups excluding carboxylic acids is 3. The molecule has 1 aliphatic heterocycles. The predicted octanol–water partition coefficient (Wildman–Crippen LogP) is 5.83. The number of para-hydroxylation sites is 2. The standard InChI is InChI=1S/C25H22Cl3N3O5S3/c1-15(11-29-19(32)13-35-16-7-3-2-4-8-16)21-22(34)31(12-20(33)36-14-25(26,27)28)23(21)38-39-24-30-17-9-5-6-10-18(17)37-24/h2-11,21,23H,12-14H2,1H3,(H,29,32). The molecule has 3 aromatic rings. The van der Waals surface area contributed by atoms with Crippen molar-refractivity contribution in [3.63, 3.8) is 0 Å². The van der Waals surface area contributed by atoms with Crippen LogP contribution >= 0.6 is 67.7 Å². The van der Waals surface area contributed by atoms with Crippen LogP contribution in [0.25, 0.3) is 10.2 Å². The van der Waals surface area contributed by atoms with Gasteiger partial charge in [-0.1, -0.05) is 75.9 Å². The minimum Gasteiger partial charge on any atom is -0.484 e. The molecule has 0 spiro atoms. The number of nitrogens with one attached hydrogen (secondary N) is 1. The Bertz CT molecular complexity index is 1330. The second kappa shape index (κ2) is 13.5. The van der Waals surface area contributed by atoms with Gasteiger partial charge in [0.2, 0.25) is 9.70 Å². The van der Waals surface area contributed by atoms with Gasteiger partial charge in [-0.05, 0) is 47.6 Å². The molecule has 0 radical (unpaired) electrons. The fourth-order valence-corrected chi connectivity index (χ4v) is 7.80. The third-order valence-corrected chi connectivity index (χ3v) is 9.78. The SMILES string of the molecule is CC(=CNC(=O)COc1ccccc1)C1C(=O)N(CC(=O)OCC(Cl)(Cl)Cl)C1SSc1nc2ccccc2s1. The van der Waals surface area contributed by atoms with Crippen molar-refractivity contribution in [1.29, 1.82) is 0 Å². The smallest absolute Gasteiger partial charge is 0.325 e. The monoisotopic (exact) mass is 645 g/mol. The zero-order chi connectivity index (χ0) is 28.0. The molecule has 2 amide bonds. The van der Waals surface area contributed by atoms with Gasteiger partial charge >= 0.3 is 5.97 Å². The van der Waals surface area contributed by atoms with Crippen molar-refractivity contribution in [3.05, 3.63) is 66.4 Å². The number of hydrogen-bond acceptors (Lipinski definition) is 9. The highest BCUT2D eigenvalue weighted by atomic mass is 35.6. The second-order valence-corrected chi connectivity index (χ2v) is 14.4. The van der Waals surface area contributed by atoms with Crippen LogP contribution < -0.4 is 10.1 Å². The summed E-state index contributed by atoms with van der Waals surface area (Å²) in [5, 5.41) is 2.24. The summed E-state index contributed by atoms with van der Waals surface area (Å²) in [6, 6.07) is 16.7. The summed E-state index contributed by atoms with van der Waals surface area (Å²) in [5.74, 6) is -1.36. The summed E-state index contributed by atoms with van der Waals surface area (Å²) >= 11 is 18.5. The third kappa shape index (κ3) is 8.42. The zero-order valence-electron chi connectivity index (χ0n) is 20.3. The molecule has 1 fully saturated rings. The summed E-state index contributed by atoms with van der Waals surface area (Å²) in [6.07, 6.45) is 1.49. The van der Waals surface area contributed by atoms with Gasteiger partial charge in [0, 0.05) is 6.20 Å². The zero-order valence-corrected chi connectivity index (χ0v) is 25.1. The Kier molecular flexibility index (Phi) is 10.3. The van der Waals surface area contributed by atoms with E-state index in [1.807, 2.05) is 42.5 Å². The molecule has 206 valence electrons. The lowest BCUT2D eigenvalue weighted by atomic mass is 9.91. The van der Waals surface area contributed by atoms with Crippen LogP contribution in [0.1, 0.15) is 6.92 Å². The van der Waals surface area contributed by atoms with Crippen molar-refractivity contribution in [2.45, 2.75) is 20.4 Å². The number of carbonyl (C=O) groups is 3. The molecule has 2 atom stereocenters. The number of β-lactam (4-membered cyclic amide) rings is 1. The van der Waals surface area contributed by atoms with E-state index in [0.29, 0.717) is 11.3 Å². The van der Waals surface area contributed by atoms with Crippen molar-refractivity contribution in [3.8, 4) is 5.75 Å². The number of alkyl halides is 3. The van der Waals surface area contributed by atoms with Crippen molar-refractivity contribution >= 4 is 95.7 Å². The van der Waals surface area contributed by atoms with E-state index < -0.39 is 27.7 Å². The Morgan fingerprint density at radius 1 is 1.15 bits per heavy atom. The molecule has 0 bridgehead atoms. The van der Waals surface area contributed by atoms with E-state index in [2.05, 4.69) is 10.3 Å². The molecular formula is C25H22Cl3N3O5S3. The first-order valence-corrected chi connectivity index (χ1v) is 15.6. The van der Waals surface area contributed by atoms with E-state index >= 15 is 0 Å². The maximum absolute atomic E-state index is 13.1. The fraction of sp³-hybridized carbons (Fsp3) is 0.280. The van der Waals surface area contributed by atoms with Gasteiger partial charge in [-0.25, -0.2) is 4.98 Å². The largest absolute Gasteiger partial charge is 0.484 e. The number of ether oxygens (including phenoxy) is 2. The van der Waals surface area contributed by atoms with Gasteiger partial charge in [0.1, 0.15) is 24.3 Å². The minimum atomic E-state index is -1.75. The number of nitrogens with zero attached hydrogens (tertiary/aromatic N) is 2. The molecular weight excluding hydrogens is 625 g/mol. The molecule has 4 rings (SSSR count). The second-order valence-electron chi connectivity index (χ2n) is 8.29. The van der Waals surface area contributed by atoms with E-state index in [1.165, 1.54) is 44.0 Å². The van der Waals surface area contributed by atoms with E-state index in [9.17, 15) is 14.4 Å². The van der Waals surface area contributed by atoms with E-state index in [1.54, 1.807) is 19.1 Å². The number of aromatic nitrogens is 1. The molecule has 2 aromatic carbocycles. The van der Waals surface area contributed by atoms with Crippen LogP contribution in [0.5, 0.6) is 5.75 Å². The van der Waals surface area contributed by atoms with Crippen LogP contribution in [-0.2, 0) is 19.1 Å². The van der Waals surface area contributed by atoms with Gasteiger partial charge in [0.25, 0.3) is 5.91 Å². The molecule has 0 aliphatic carbocycles. The van der Waals surface area contributed by atoms with E-state index in [-0.39, 0.29) is 25.0 Å². The van der Waals surface area contributed by atoms with Crippen LogP contribution in [0.3, 0.4) is 0 Å². The number of halogens is 3. The maximum Gasteiger partial charge on any atom is 0.325 e. The van der Waals surface area contributed by atoms with Gasteiger partial charge in [0.15, 0.2) is 10.9 Å². The highest BCUT2D eigenvalue weighted by Gasteiger charge is 2.49. The lowest BCUT2D eigenvalue weighted by molar-refractivity contribution is -0.158. The van der Waals surface area contributed by atoms with Gasteiger partial charge in [-0.15, -0.1) is 11.3 Å². The molecule has 1 aromatic heterocycles. The van der Waals surface area contributed by atoms with Crippen LogP contribution in [0.15, 0.2) is 70.7 Å². The molecule has 1 saturated heterocycles. The fourth-order valence-electron chi connectivity index (χ4n) is 3.53. The van der Waals surface area contributed by atoms with E-state index in [4.69, 9.17) is 44.3 Å². The Morgan fingerprint density at radius 3 is 2.59 bits per heavy atom. The molecule has 39 heavy (non-hydrogen) atoms. The first-order valence-electron chi connectivity index (χ1n) is 11.5. The van der Waals surface area contributed by atoms with Crippen molar-refractivity contribution in [1.82, 2.24) is 15.2 Å². The van der Waals surface area contributed by atoms with Crippen LogP contribution in [-0.4, -0.2) is 56.6 Å². The summed E-state index contributed by atoms with van der Waals surface area (Å²) in [5.41, 5.74) is 1.51. The molecule has 0 saturated carbocycles. The lowest BCUT2D eigenvalue weighted by Crippen LogP contribution is -2.61. The summed E-state index contributed by atoms with van der Waals surface area (Å²) in [7, 11) is 2.80. The normalized spacial score (nSPS) is 17.6. The average Bonchev–Trinajstić information content (AvgIpc) is 3.33. The topological polar surface area (TPSA) is 97.8 Å². The first-order chi connectivity index (χ1) is 18.6. The number of hydrogen-bond donors (Lipinski definition) is 1. The first kappa shape index (κ1) is 29.8. The highest BCUT2D eigenvalue weighted by Crippen LogP contribution is 2.48. The Balaban J connectivity index is 1.40. The van der Waals surface area contributed by atoms with Crippen molar-refractivity contribution in [2.75, 3.05) is 19.8 Å². The number of esters is 1. The van der Waals surface area contributed by atoms with Gasteiger partial charge in [-0.3, -0.25) is 14.4 Å². The molecule has 8 nitrogen and oxygen atoms in total. The average molecular weight is 647 g/mol. The Hall–Kier alpha value is -2.15. The summed E-state index contributed by atoms with van der Waals surface area (Å²) < 4.78 is 10.6. The number of benzene rings is 2. The molecule has 2 unspecified atom stereocenters. The van der Waals surface area contributed by atoms with Crippen molar-refractivity contribution in [2.24, 2.45) is 5.92 Å². The van der Waals surface area contributed by atoms with Gasteiger partial charge in [-0.2, -0.15) is 0 Å². The van der Waals surface area contributed by atoms with Crippen molar-refractivity contribution < 1.29 is 23.9 Å². The molecule has 14 heteroatoms. The number of thiazole rings is 1. The minimum absolute atomic E-state index is 0.181. The number of rotatable bonds is 11. The third-order valence-electron chi connectivity index (χ3n) is 5.39. The molecule has 2 heterocycles. The number of likely N-dealkylation sites (tertiary alicyclic amines) is 1. The molecule has 1 aliphatic rings. The lowest BCUT2D eigenvalue weighted by Gasteiger charge is -2.46. The molecule has 1 N–H and O–H groups in total. The predicted molar refractivity (Wildman–Crippen MR) is 157 cm³/mol. The van der Waals surface area contributed by atoms with Crippen LogP contribution in [0.2, 0.25) is 0 Å². The summed E-state index contributed by atoms with van der Waals surface area (Å²) in [6.45, 7) is 0.823. The number of fused-ring (bicyclic) bond motifs is 1. The summed E-state index contributed by atoms with van der Waals surface area (Å²) in [4.78, 5) is 43.7. The van der Waals surface area contributed by atoms with E-state index in [0.717, 1.165) is 14.6 Å². The Labute approximate surface area is 251 Å². The maximum atomic E-state index is 13.1. The highest BCUT2D eigenvalue weighted by molar-refractivity contribution is 8.77. The Morgan fingerprint density at radius 2 is 1.87 bits per heavy atom. The van der Waals surface area contributed by atoms with Crippen LogP contribution in [0.4, 0.5) is 0 Å². The van der Waals surface area contributed by atoms with Gasteiger partial charge in [0.05, 0.1) is 16.1 Å². The quantitative estimate of drug-likeness (QED) is 0.120. The van der Waals surface area contributed by atoms with Crippen LogP contribution in [0, 0.1) is 5.92 Å².